The van der Waals surface area contributed by atoms with Gasteiger partial charge in [0.1, 0.15) is 19.1 Å². The number of fused-ring (bicyclic) bond motifs is 3. The summed E-state index contributed by atoms with van der Waals surface area (Å²) in [5.74, 6) is 0.0265. The van der Waals surface area contributed by atoms with Crippen molar-refractivity contribution in [3.05, 3.63) is 59.3 Å². The molecule has 0 unspecified atom stereocenters. The number of carbonyl (C=O) groups is 2. The van der Waals surface area contributed by atoms with Gasteiger partial charge >= 0.3 is 6.09 Å². The van der Waals surface area contributed by atoms with Crippen LogP contribution in [0.15, 0.2) is 42.5 Å². The van der Waals surface area contributed by atoms with E-state index in [0.717, 1.165) is 53.4 Å². The average Bonchev–Trinajstić information content (AvgIpc) is 3.41. The van der Waals surface area contributed by atoms with Crippen molar-refractivity contribution >= 4 is 36.2 Å². The number of likely N-dealkylation sites (N-methyl/N-ethyl adjacent to an activating group) is 1. The zero-order valence-electron chi connectivity index (χ0n) is 20.3. The number of alkyl carbamates (subject to hydrolysis) is 1. The van der Waals surface area contributed by atoms with Crippen LogP contribution < -0.4 is 10.8 Å². The van der Waals surface area contributed by atoms with E-state index in [1.54, 1.807) is 4.90 Å². The predicted molar refractivity (Wildman–Crippen MR) is 134 cm³/mol. The summed E-state index contributed by atoms with van der Waals surface area (Å²) >= 11 is 0. The number of amides is 2. The Morgan fingerprint density at radius 1 is 1.15 bits per heavy atom. The summed E-state index contributed by atoms with van der Waals surface area (Å²) < 4.78 is 7.50. The van der Waals surface area contributed by atoms with Gasteiger partial charge < -0.3 is 19.5 Å². The molecule has 1 aliphatic carbocycles. The van der Waals surface area contributed by atoms with Gasteiger partial charge in [-0.2, -0.15) is 0 Å². The van der Waals surface area contributed by atoms with Crippen molar-refractivity contribution in [1.29, 1.82) is 0 Å². The molecule has 2 radical (unpaired) electrons. The Balaban J connectivity index is 1.44. The first-order valence-corrected chi connectivity index (χ1v) is 11.8. The number of ether oxygens (including phenoxy) is 1. The molecular weight excluding hydrogens is 425 g/mol. The molecule has 2 amide bonds. The van der Waals surface area contributed by atoms with Crippen LogP contribution in [0.25, 0.3) is 16.6 Å². The highest BCUT2D eigenvalue weighted by atomic mass is 16.6. The largest absolute Gasteiger partial charge is 0.444 e. The molecular formula is C27H30BN3O3. The summed E-state index contributed by atoms with van der Waals surface area (Å²) in [5, 5.41) is 4.11. The molecule has 3 aromatic rings. The topological polar surface area (TPSA) is 63.6 Å². The van der Waals surface area contributed by atoms with E-state index >= 15 is 0 Å². The molecule has 34 heavy (non-hydrogen) atoms. The van der Waals surface area contributed by atoms with Gasteiger partial charge in [0.15, 0.2) is 0 Å². The van der Waals surface area contributed by atoms with Crippen molar-refractivity contribution in [3.8, 4) is 5.69 Å². The van der Waals surface area contributed by atoms with Crippen LogP contribution in [0.5, 0.6) is 0 Å². The number of rotatable bonds is 4. The average molecular weight is 455 g/mol. The van der Waals surface area contributed by atoms with Crippen molar-refractivity contribution in [3.63, 3.8) is 0 Å². The molecule has 1 aliphatic heterocycles. The van der Waals surface area contributed by atoms with Gasteiger partial charge in [-0.15, -0.1) is 0 Å². The summed E-state index contributed by atoms with van der Waals surface area (Å²) in [6.45, 7) is 6.30. The van der Waals surface area contributed by atoms with Crippen molar-refractivity contribution < 1.29 is 14.3 Å². The Labute approximate surface area is 201 Å². The van der Waals surface area contributed by atoms with E-state index in [9.17, 15) is 9.59 Å². The Bertz CT molecular complexity index is 1280. The Morgan fingerprint density at radius 3 is 2.50 bits per heavy atom. The van der Waals surface area contributed by atoms with Crippen LogP contribution in [0.4, 0.5) is 4.79 Å². The van der Waals surface area contributed by atoms with Crippen LogP contribution in [0.1, 0.15) is 55.2 Å². The third-order valence-electron chi connectivity index (χ3n) is 6.70. The molecule has 2 aromatic carbocycles. The quantitative estimate of drug-likeness (QED) is 0.611. The van der Waals surface area contributed by atoms with Crippen LogP contribution in [0.3, 0.4) is 0 Å². The van der Waals surface area contributed by atoms with Gasteiger partial charge in [0.2, 0.25) is 0 Å². The number of hydrogen-bond acceptors (Lipinski definition) is 3. The summed E-state index contributed by atoms with van der Waals surface area (Å²) in [4.78, 5) is 27.2. The monoisotopic (exact) mass is 455 g/mol. The van der Waals surface area contributed by atoms with Gasteiger partial charge in [-0.3, -0.25) is 4.79 Å². The lowest BCUT2D eigenvalue weighted by molar-refractivity contribution is 0.0496. The van der Waals surface area contributed by atoms with E-state index in [4.69, 9.17) is 12.6 Å². The molecule has 1 N–H and O–H groups in total. The van der Waals surface area contributed by atoms with Crippen LogP contribution >= 0.6 is 0 Å². The fourth-order valence-corrected chi connectivity index (χ4v) is 4.85. The first-order chi connectivity index (χ1) is 16.1. The lowest BCUT2D eigenvalue weighted by Gasteiger charge is -2.24. The third kappa shape index (κ3) is 4.19. The van der Waals surface area contributed by atoms with E-state index in [1.165, 1.54) is 0 Å². The first-order valence-electron chi connectivity index (χ1n) is 11.8. The van der Waals surface area contributed by atoms with Gasteiger partial charge in [0.05, 0.1) is 5.52 Å². The molecule has 7 heteroatoms. The normalized spacial score (nSPS) is 16.9. The zero-order valence-corrected chi connectivity index (χ0v) is 20.3. The second-order valence-electron chi connectivity index (χ2n) is 10.7. The minimum atomic E-state index is -0.517. The summed E-state index contributed by atoms with van der Waals surface area (Å²) in [6, 6.07) is 14.1. The highest BCUT2D eigenvalue weighted by molar-refractivity contribution is 6.33. The van der Waals surface area contributed by atoms with Crippen molar-refractivity contribution in [2.45, 2.75) is 57.6 Å². The maximum absolute atomic E-state index is 13.2. The van der Waals surface area contributed by atoms with Crippen LogP contribution in [0.2, 0.25) is 0 Å². The van der Waals surface area contributed by atoms with Gasteiger partial charge in [-0.25, -0.2) is 4.79 Å². The van der Waals surface area contributed by atoms with Gasteiger partial charge in [0.25, 0.3) is 5.91 Å². The van der Waals surface area contributed by atoms with E-state index in [1.807, 2.05) is 46.0 Å². The number of carbonyl (C=O) groups excluding carboxylic acids is 2. The first kappa shape index (κ1) is 22.6. The minimum absolute atomic E-state index is 0.0265. The van der Waals surface area contributed by atoms with Crippen molar-refractivity contribution in [2.75, 3.05) is 13.6 Å². The predicted octanol–water partition coefficient (Wildman–Crippen LogP) is 3.65. The Kier molecular flexibility index (Phi) is 5.26. The molecule has 0 saturated heterocycles. The van der Waals surface area contributed by atoms with Crippen molar-refractivity contribution in [2.24, 2.45) is 0 Å². The second-order valence-corrected chi connectivity index (χ2v) is 10.7. The molecule has 0 spiro atoms. The van der Waals surface area contributed by atoms with E-state index in [-0.39, 0.29) is 17.5 Å². The third-order valence-corrected chi connectivity index (χ3v) is 6.70. The van der Waals surface area contributed by atoms with Gasteiger partial charge in [-0.05, 0) is 75.8 Å². The molecule has 2 aliphatic rings. The molecule has 2 heterocycles. The fourth-order valence-electron chi connectivity index (χ4n) is 4.85. The standard InChI is InChI=1S/C27H30BN3O3/c1-26(2,3)34-25(33)29-27(12-13-27)16-17-5-8-19(9-6-17)31-22-10-7-18(28)15-21(22)20-11-14-30(4)24(32)23(20)31/h5-10,15H,11-14,16H2,1-4H3,(H,29,33). The zero-order chi connectivity index (χ0) is 24.3. The SMILES string of the molecule is [B]c1ccc2c(c1)c1c(n2-c2ccc(CC3(NC(=O)OC(C)(C)C)CC3)cc2)C(=O)N(C)CC1. The molecule has 6 nitrogen and oxygen atoms in total. The lowest BCUT2D eigenvalue weighted by Crippen LogP contribution is -2.41. The van der Waals surface area contributed by atoms with Gasteiger partial charge in [-0.1, -0.05) is 29.7 Å². The number of hydrogen-bond donors (Lipinski definition) is 1. The molecule has 1 aromatic heterocycles. The smallest absolute Gasteiger partial charge is 0.408 e. The summed E-state index contributed by atoms with van der Waals surface area (Å²) in [5.41, 5.74) is 4.78. The number of benzene rings is 2. The molecule has 0 atom stereocenters. The summed E-state index contributed by atoms with van der Waals surface area (Å²) in [6.07, 6.45) is 3.06. The number of nitrogens with zero attached hydrogens (tertiary/aromatic N) is 2. The van der Waals surface area contributed by atoms with Crippen LogP contribution in [0, 0.1) is 0 Å². The molecule has 0 bridgehead atoms. The molecule has 1 saturated carbocycles. The Hall–Kier alpha value is -3.22. The van der Waals surface area contributed by atoms with Crippen molar-refractivity contribution in [1.82, 2.24) is 14.8 Å². The maximum atomic E-state index is 13.2. The summed E-state index contributed by atoms with van der Waals surface area (Å²) in [7, 11) is 7.92. The second kappa shape index (κ2) is 7.93. The molecule has 1 fully saturated rings. The Morgan fingerprint density at radius 2 is 1.85 bits per heavy atom. The highest BCUT2D eigenvalue weighted by Crippen LogP contribution is 2.39. The molecule has 174 valence electrons. The van der Waals surface area contributed by atoms with Gasteiger partial charge in [0, 0.05) is 30.2 Å². The fraction of sp³-hybridized carbons (Fsp3) is 0.407. The molecule has 5 rings (SSSR count). The maximum Gasteiger partial charge on any atom is 0.408 e. The lowest BCUT2D eigenvalue weighted by atomic mass is 9.93. The van der Waals surface area contributed by atoms with E-state index < -0.39 is 5.60 Å². The van der Waals surface area contributed by atoms with E-state index in [0.29, 0.717) is 17.7 Å². The van der Waals surface area contributed by atoms with E-state index in [2.05, 4.69) is 34.1 Å². The number of aromatic nitrogens is 1. The highest BCUT2D eigenvalue weighted by Gasteiger charge is 2.44. The number of nitrogens with one attached hydrogen (secondary N) is 1. The van der Waals surface area contributed by atoms with Crippen LogP contribution in [-0.4, -0.2) is 54.0 Å². The van der Waals surface area contributed by atoms with Crippen LogP contribution in [-0.2, 0) is 17.6 Å². The minimum Gasteiger partial charge on any atom is -0.444 e.